The predicted molar refractivity (Wildman–Crippen MR) is 148 cm³/mol. The minimum absolute atomic E-state index is 0.636. The topological polar surface area (TPSA) is 105 Å². The summed E-state index contributed by atoms with van der Waals surface area (Å²) in [5, 5.41) is 16.7. The van der Waals surface area contributed by atoms with Crippen LogP contribution in [0.2, 0.25) is 0 Å². The average molecular weight is 526 g/mol. The van der Waals surface area contributed by atoms with Gasteiger partial charge in [0.2, 0.25) is 5.70 Å². The minimum atomic E-state index is -1.08. The van der Waals surface area contributed by atoms with Crippen molar-refractivity contribution in [2.45, 2.75) is 19.9 Å². The molecule has 9 heteroatoms. The van der Waals surface area contributed by atoms with Crippen LogP contribution < -0.4 is 24.5 Å². The maximum Gasteiger partial charge on any atom is 0.223 e. The number of carboxylic acid groups (broad SMARTS) is 1. The number of nitrogens with one attached hydrogen (secondary N) is 1. The molecule has 0 atom stereocenters. The number of carboxylic acids is 1. The normalized spacial score (nSPS) is 12.1. The summed E-state index contributed by atoms with van der Waals surface area (Å²) in [6.45, 7) is 1.61. The Hall–Kier alpha value is -4.92. The van der Waals surface area contributed by atoms with E-state index in [1.54, 1.807) is 20.4 Å². The summed E-state index contributed by atoms with van der Waals surface area (Å²) >= 11 is 0. The highest BCUT2D eigenvalue weighted by Gasteiger charge is 2.30. The van der Waals surface area contributed by atoms with Gasteiger partial charge in [-0.15, -0.1) is 0 Å². The molecule has 0 spiro atoms. The molecule has 0 amide bonds. The van der Waals surface area contributed by atoms with Crippen molar-refractivity contribution in [3.8, 4) is 11.5 Å². The van der Waals surface area contributed by atoms with E-state index >= 15 is 0 Å². The quantitative estimate of drug-likeness (QED) is 0.280. The molecule has 0 unspecified atom stereocenters. The van der Waals surface area contributed by atoms with E-state index in [4.69, 9.17) is 24.4 Å². The number of hydrogen-bond acceptors (Lipinski definition) is 7. The van der Waals surface area contributed by atoms with E-state index < -0.39 is 5.97 Å². The molecule has 2 aromatic heterocycles. The highest BCUT2D eigenvalue weighted by Crippen LogP contribution is 2.28. The van der Waals surface area contributed by atoms with E-state index in [0.717, 1.165) is 58.7 Å². The van der Waals surface area contributed by atoms with E-state index in [0.29, 0.717) is 6.54 Å². The number of rotatable bonds is 8. The van der Waals surface area contributed by atoms with Gasteiger partial charge in [-0.25, -0.2) is 4.68 Å². The molecule has 1 aliphatic rings. The van der Waals surface area contributed by atoms with Crippen LogP contribution in [0.1, 0.15) is 23.7 Å². The molecule has 2 aromatic carbocycles. The van der Waals surface area contributed by atoms with Crippen molar-refractivity contribution >= 4 is 29.4 Å². The number of fused-ring (bicyclic) bond motifs is 1. The third kappa shape index (κ3) is 6.51. The molecule has 5 rings (SSSR count). The SMILES string of the molecule is CC(=O)[O-].CNc1c(/N=C/C2=C(c3ccc(OC)cc3)[n+]3ccccc3C2)cnn1Cc1ccc(OC)cc1. The Bertz CT molecular complexity index is 1480. The number of nitrogens with zero attached hydrogens (tertiary/aromatic N) is 4. The van der Waals surface area contributed by atoms with Crippen molar-refractivity contribution in [2.75, 3.05) is 26.6 Å². The van der Waals surface area contributed by atoms with Crippen LogP contribution in [0, 0.1) is 0 Å². The highest BCUT2D eigenvalue weighted by molar-refractivity contribution is 5.92. The Kier molecular flexibility index (Phi) is 8.73. The molecule has 1 aliphatic heterocycles. The average Bonchev–Trinajstić information content (AvgIpc) is 3.52. The smallest absolute Gasteiger partial charge is 0.223 e. The lowest BCUT2D eigenvalue weighted by molar-refractivity contribution is -0.582. The molecule has 0 bridgehead atoms. The number of methoxy groups -OCH3 is 2. The summed E-state index contributed by atoms with van der Waals surface area (Å²) in [4.78, 5) is 13.7. The molecule has 0 fully saturated rings. The van der Waals surface area contributed by atoms with Gasteiger partial charge in [0, 0.05) is 36.9 Å². The van der Waals surface area contributed by atoms with Crippen molar-refractivity contribution in [1.29, 1.82) is 0 Å². The van der Waals surface area contributed by atoms with E-state index in [9.17, 15) is 0 Å². The lowest BCUT2D eigenvalue weighted by Crippen LogP contribution is -2.33. The third-order valence-electron chi connectivity index (χ3n) is 6.13. The van der Waals surface area contributed by atoms with Crippen LogP contribution in [-0.2, 0) is 17.8 Å². The fourth-order valence-corrected chi connectivity index (χ4v) is 4.35. The Morgan fingerprint density at radius 2 is 1.72 bits per heavy atom. The van der Waals surface area contributed by atoms with Crippen molar-refractivity contribution in [3.63, 3.8) is 0 Å². The van der Waals surface area contributed by atoms with Gasteiger partial charge in [0.1, 0.15) is 17.2 Å². The Morgan fingerprint density at radius 3 is 2.33 bits per heavy atom. The van der Waals surface area contributed by atoms with Gasteiger partial charge >= 0.3 is 0 Å². The fraction of sp³-hybridized carbons (Fsp3) is 0.200. The molecule has 0 saturated heterocycles. The maximum atomic E-state index is 8.89. The van der Waals surface area contributed by atoms with Gasteiger partial charge in [-0.05, 0) is 48.9 Å². The Labute approximate surface area is 227 Å². The third-order valence-corrected chi connectivity index (χ3v) is 6.13. The zero-order valence-electron chi connectivity index (χ0n) is 22.4. The number of aliphatic imine (C=N–C) groups is 1. The van der Waals surface area contributed by atoms with Crippen LogP contribution >= 0.6 is 0 Å². The molecular weight excluding hydrogens is 494 g/mol. The van der Waals surface area contributed by atoms with Gasteiger partial charge < -0.3 is 24.7 Å². The maximum absolute atomic E-state index is 8.89. The first-order valence-corrected chi connectivity index (χ1v) is 12.4. The lowest BCUT2D eigenvalue weighted by atomic mass is 10.1. The number of pyridine rings is 1. The van der Waals surface area contributed by atoms with Crippen molar-refractivity contribution in [2.24, 2.45) is 4.99 Å². The Morgan fingerprint density at radius 1 is 1.08 bits per heavy atom. The zero-order chi connectivity index (χ0) is 27.8. The minimum Gasteiger partial charge on any atom is -0.550 e. The zero-order valence-corrected chi connectivity index (χ0v) is 22.4. The molecular formula is C30H31N5O4. The summed E-state index contributed by atoms with van der Waals surface area (Å²) in [7, 11) is 5.24. The van der Waals surface area contributed by atoms with Crippen LogP contribution in [0.15, 0.2) is 89.7 Å². The largest absolute Gasteiger partial charge is 0.550 e. The van der Waals surface area contributed by atoms with E-state index in [-0.39, 0.29) is 0 Å². The molecule has 3 heterocycles. The van der Waals surface area contributed by atoms with E-state index in [1.807, 2.05) is 54.3 Å². The van der Waals surface area contributed by atoms with Crippen LogP contribution in [-0.4, -0.2) is 43.2 Å². The number of anilines is 1. The monoisotopic (exact) mass is 525 g/mol. The molecule has 1 N–H and O–H groups in total. The van der Waals surface area contributed by atoms with Gasteiger partial charge in [-0.3, -0.25) is 4.99 Å². The highest BCUT2D eigenvalue weighted by atomic mass is 16.5. The first-order chi connectivity index (χ1) is 18.9. The van der Waals surface area contributed by atoms with Crippen molar-refractivity contribution < 1.29 is 23.9 Å². The summed E-state index contributed by atoms with van der Waals surface area (Å²) in [5.41, 5.74) is 6.54. The van der Waals surface area contributed by atoms with Crippen molar-refractivity contribution in [1.82, 2.24) is 9.78 Å². The van der Waals surface area contributed by atoms with Crippen LogP contribution in [0.5, 0.6) is 11.5 Å². The molecule has 39 heavy (non-hydrogen) atoms. The number of allylic oxidation sites excluding steroid dienone is 1. The molecule has 200 valence electrons. The first kappa shape index (κ1) is 27.1. The van der Waals surface area contributed by atoms with Gasteiger partial charge in [0.05, 0.1) is 39.0 Å². The summed E-state index contributed by atoms with van der Waals surface area (Å²) in [6.07, 6.45) is 6.67. The van der Waals surface area contributed by atoms with Gasteiger partial charge in [-0.2, -0.15) is 9.67 Å². The number of benzene rings is 2. The van der Waals surface area contributed by atoms with Crippen LogP contribution in [0.3, 0.4) is 0 Å². The Balaban J connectivity index is 0.000000826. The van der Waals surface area contributed by atoms with E-state index in [2.05, 4.69) is 51.5 Å². The summed E-state index contributed by atoms with van der Waals surface area (Å²) in [5.74, 6) is 1.46. The molecule has 0 radical (unpaired) electrons. The molecule has 9 nitrogen and oxygen atoms in total. The van der Waals surface area contributed by atoms with Crippen LogP contribution in [0.25, 0.3) is 5.70 Å². The summed E-state index contributed by atoms with van der Waals surface area (Å²) in [6, 6.07) is 22.4. The predicted octanol–water partition coefficient (Wildman–Crippen LogP) is 3.25. The molecule has 4 aromatic rings. The first-order valence-electron chi connectivity index (χ1n) is 12.4. The van der Waals surface area contributed by atoms with Gasteiger partial charge in [0.25, 0.3) is 0 Å². The summed E-state index contributed by atoms with van der Waals surface area (Å²) < 4.78 is 14.8. The molecule has 0 aliphatic carbocycles. The number of aromatic nitrogens is 3. The standard InChI is InChI=1S/C28H28N5O2.C2H4O2/c1-29-28-26(18-31-33(28)19-20-7-11-24(34-2)12-8-20)30-17-22-16-23-6-4-5-15-32(23)27(22)21-9-13-25(35-3)14-10-21;1-2(3)4/h4-15,17-18,29H,16,19H2,1-3H3;1H3,(H,3,4)/q+1;/p-1/b30-17+;. The lowest BCUT2D eigenvalue weighted by Gasteiger charge is -2.08. The fourth-order valence-electron chi connectivity index (χ4n) is 4.35. The second kappa shape index (κ2) is 12.6. The van der Waals surface area contributed by atoms with Crippen LogP contribution in [0.4, 0.5) is 11.5 Å². The number of aliphatic carboxylic acids is 1. The van der Waals surface area contributed by atoms with E-state index in [1.165, 1.54) is 5.69 Å². The second-order valence-corrected chi connectivity index (χ2v) is 8.73. The number of carbonyl (C=O) groups is 1. The van der Waals surface area contributed by atoms with Gasteiger partial charge in [0.15, 0.2) is 17.7 Å². The van der Waals surface area contributed by atoms with Gasteiger partial charge in [-0.1, -0.05) is 18.2 Å². The number of hydrogen-bond donors (Lipinski definition) is 1. The second-order valence-electron chi connectivity index (χ2n) is 8.73. The molecule has 0 saturated carbocycles. The number of carbonyl (C=O) groups excluding carboxylic acids is 1. The number of ether oxygens (including phenoxy) is 2. The van der Waals surface area contributed by atoms with Crippen molar-refractivity contribution in [3.05, 3.63) is 102 Å².